The van der Waals surface area contributed by atoms with Crippen molar-refractivity contribution in [2.45, 2.75) is 50.7 Å². The molecule has 3 nitrogen and oxygen atoms in total. The minimum absolute atomic E-state index is 0.0307. The molecule has 1 fully saturated rings. The maximum atomic E-state index is 9.36. The fraction of sp³-hybridized carbons (Fsp3) is 1.00. The van der Waals surface area contributed by atoms with Gasteiger partial charge in [0.25, 0.3) is 0 Å². The van der Waals surface area contributed by atoms with Crippen molar-refractivity contribution < 1.29 is 5.11 Å². The Bertz CT molecular complexity index is 154. The van der Waals surface area contributed by atoms with Crippen LogP contribution in [0.1, 0.15) is 38.5 Å². The third-order valence-electron chi connectivity index (χ3n) is 3.16. The zero-order valence-corrected chi connectivity index (χ0v) is 10.2. The molecule has 0 aromatic carbocycles. The molecule has 0 aliphatic heterocycles. The summed E-state index contributed by atoms with van der Waals surface area (Å²) in [6.07, 6.45) is 6.76. The molecule has 0 aromatic heterocycles. The summed E-state index contributed by atoms with van der Waals surface area (Å²) >= 11 is 0. The Morgan fingerprint density at radius 1 is 1.13 bits per heavy atom. The van der Waals surface area contributed by atoms with Crippen LogP contribution in [0, 0.1) is 0 Å². The van der Waals surface area contributed by atoms with Gasteiger partial charge in [0.2, 0.25) is 0 Å². The van der Waals surface area contributed by atoms with Crippen molar-refractivity contribution in [1.82, 2.24) is 10.2 Å². The van der Waals surface area contributed by atoms with E-state index in [1.54, 1.807) is 0 Å². The van der Waals surface area contributed by atoms with Crippen molar-refractivity contribution in [1.29, 1.82) is 0 Å². The number of aliphatic hydroxyl groups is 1. The van der Waals surface area contributed by atoms with E-state index in [1.165, 1.54) is 19.4 Å². The molecule has 1 rings (SSSR count). The second-order valence-electron chi connectivity index (χ2n) is 4.97. The smallest absolute Gasteiger partial charge is 0.0541 e. The maximum Gasteiger partial charge on any atom is 0.0541 e. The highest BCUT2D eigenvalue weighted by Crippen LogP contribution is 2.18. The van der Waals surface area contributed by atoms with E-state index in [9.17, 15) is 5.11 Å². The molecule has 0 saturated heterocycles. The molecule has 2 N–H and O–H groups in total. The van der Waals surface area contributed by atoms with Crippen LogP contribution in [0.4, 0.5) is 0 Å². The van der Waals surface area contributed by atoms with Gasteiger partial charge < -0.3 is 15.3 Å². The Labute approximate surface area is 93.9 Å². The highest BCUT2D eigenvalue weighted by Gasteiger charge is 2.18. The summed E-state index contributed by atoms with van der Waals surface area (Å²) in [6, 6.07) is 0.660. The summed E-state index contributed by atoms with van der Waals surface area (Å²) in [7, 11) is 4.24. The van der Waals surface area contributed by atoms with Crippen LogP contribution >= 0.6 is 0 Å². The van der Waals surface area contributed by atoms with E-state index in [0.717, 1.165) is 32.2 Å². The van der Waals surface area contributed by atoms with E-state index in [4.69, 9.17) is 0 Å². The van der Waals surface area contributed by atoms with Gasteiger partial charge in [-0.3, -0.25) is 0 Å². The monoisotopic (exact) mass is 214 g/mol. The highest BCUT2D eigenvalue weighted by molar-refractivity contribution is 4.76. The first-order valence-electron chi connectivity index (χ1n) is 6.24. The minimum atomic E-state index is -0.0307. The fourth-order valence-corrected chi connectivity index (χ4v) is 2.14. The zero-order valence-electron chi connectivity index (χ0n) is 10.2. The van der Waals surface area contributed by atoms with Gasteiger partial charge in [-0.1, -0.05) is 0 Å². The summed E-state index contributed by atoms with van der Waals surface area (Å²) in [4.78, 5) is 2.23. The molecule has 90 valence electrons. The summed E-state index contributed by atoms with van der Waals surface area (Å²) in [5, 5.41) is 13.0. The average molecular weight is 214 g/mol. The first-order chi connectivity index (χ1) is 7.18. The molecular formula is C12H26N2O. The molecule has 3 heteroatoms. The van der Waals surface area contributed by atoms with E-state index >= 15 is 0 Å². The van der Waals surface area contributed by atoms with Crippen LogP contribution in [0.5, 0.6) is 0 Å². The number of nitrogens with zero attached hydrogens (tertiary/aromatic N) is 1. The molecule has 0 aromatic rings. The second kappa shape index (κ2) is 7.20. The Hall–Kier alpha value is -0.120. The molecular weight excluding hydrogens is 188 g/mol. The molecule has 0 bridgehead atoms. The summed E-state index contributed by atoms with van der Waals surface area (Å²) < 4.78 is 0. The molecule has 1 aliphatic carbocycles. The van der Waals surface area contributed by atoms with Crippen molar-refractivity contribution in [3.8, 4) is 0 Å². The molecule has 0 amide bonds. The SMILES string of the molecule is CN(C)CCCCNC1CCC(O)CC1. The molecule has 0 unspecified atom stereocenters. The summed E-state index contributed by atoms with van der Waals surface area (Å²) in [5.41, 5.74) is 0. The summed E-state index contributed by atoms with van der Waals surface area (Å²) in [6.45, 7) is 2.32. The fourth-order valence-electron chi connectivity index (χ4n) is 2.14. The van der Waals surface area contributed by atoms with Gasteiger partial charge >= 0.3 is 0 Å². The van der Waals surface area contributed by atoms with Crippen LogP contribution in [-0.2, 0) is 0 Å². The van der Waals surface area contributed by atoms with Gasteiger partial charge in [0, 0.05) is 6.04 Å². The second-order valence-corrected chi connectivity index (χ2v) is 4.97. The molecule has 0 spiro atoms. The normalized spacial score (nSPS) is 27.2. The van der Waals surface area contributed by atoms with Crippen molar-refractivity contribution >= 4 is 0 Å². The predicted molar refractivity (Wildman–Crippen MR) is 64.1 cm³/mol. The van der Waals surface area contributed by atoms with Crippen LogP contribution in [-0.4, -0.2) is 49.3 Å². The van der Waals surface area contributed by atoms with Crippen LogP contribution in [0.3, 0.4) is 0 Å². The number of unbranched alkanes of at least 4 members (excludes halogenated alkanes) is 1. The topological polar surface area (TPSA) is 35.5 Å². The Balaban J connectivity index is 1.91. The first-order valence-corrected chi connectivity index (χ1v) is 6.24. The van der Waals surface area contributed by atoms with Crippen LogP contribution in [0.25, 0.3) is 0 Å². The number of rotatable bonds is 6. The maximum absolute atomic E-state index is 9.36. The van der Waals surface area contributed by atoms with Gasteiger partial charge in [-0.15, -0.1) is 0 Å². The van der Waals surface area contributed by atoms with Gasteiger partial charge in [-0.05, 0) is 65.7 Å². The number of aliphatic hydroxyl groups excluding tert-OH is 1. The number of hydrogen-bond donors (Lipinski definition) is 2. The van der Waals surface area contributed by atoms with Crippen molar-refractivity contribution in [2.24, 2.45) is 0 Å². The first kappa shape index (κ1) is 12.9. The van der Waals surface area contributed by atoms with Crippen LogP contribution in [0.2, 0.25) is 0 Å². The lowest BCUT2D eigenvalue weighted by Crippen LogP contribution is -2.35. The van der Waals surface area contributed by atoms with Crippen molar-refractivity contribution in [3.05, 3.63) is 0 Å². The molecule has 0 atom stereocenters. The predicted octanol–water partition coefficient (Wildman–Crippen LogP) is 1.22. The quantitative estimate of drug-likeness (QED) is 0.653. The van der Waals surface area contributed by atoms with Crippen LogP contribution < -0.4 is 5.32 Å². The summed E-state index contributed by atoms with van der Waals surface area (Å²) in [5.74, 6) is 0. The molecule has 1 aliphatic rings. The Morgan fingerprint density at radius 3 is 2.40 bits per heavy atom. The Kier molecular flexibility index (Phi) is 6.22. The zero-order chi connectivity index (χ0) is 11.1. The van der Waals surface area contributed by atoms with E-state index in [0.29, 0.717) is 6.04 Å². The van der Waals surface area contributed by atoms with E-state index in [2.05, 4.69) is 24.3 Å². The molecule has 0 radical (unpaired) electrons. The lowest BCUT2D eigenvalue weighted by atomic mass is 9.93. The molecule has 0 heterocycles. The number of nitrogens with one attached hydrogen (secondary N) is 1. The van der Waals surface area contributed by atoms with Crippen molar-refractivity contribution in [2.75, 3.05) is 27.2 Å². The van der Waals surface area contributed by atoms with Gasteiger partial charge in [0.15, 0.2) is 0 Å². The van der Waals surface area contributed by atoms with Gasteiger partial charge in [-0.2, -0.15) is 0 Å². The van der Waals surface area contributed by atoms with Crippen molar-refractivity contribution in [3.63, 3.8) is 0 Å². The van der Waals surface area contributed by atoms with Gasteiger partial charge in [0.05, 0.1) is 6.10 Å². The minimum Gasteiger partial charge on any atom is -0.393 e. The molecule has 1 saturated carbocycles. The lowest BCUT2D eigenvalue weighted by Gasteiger charge is -2.26. The van der Waals surface area contributed by atoms with E-state index in [-0.39, 0.29) is 6.10 Å². The standard InChI is InChI=1S/C12H26N2O/c1-14(2)10-4-3-9-13-11-5-7-12(15)8-6-11/h11-13,15H,3-10H2,1-2H3. The highest BCUT2D eigenvalue weighted by atomic mass is 16.3. The third kappa shape index (κ3) is 6.13. The van der Waals surface area contributed by atoms with E-state index in [1.807, 2.05) is 0 Å². The van der Waals surface area contributed by atoms with E-state index < -0.39 is 0 Å². The lowest BCUT2D eigenvalue weighted by molar-refractivity contribution is 0.116. The van der Waals surface area contributed by atoms with Gasteiger partial charge in [-0.25, -0.2) is 0 Å². The average Bonchev–Trinajstić information content (AvgIpc) is 2.20. The van der Waals surface area contributed by atoms with Crippen LogP contribution in [0.15, 0.2) is 0 Å². The Morgan fingerprint density at radius 2 is 1.80 bits per heavy atom. The molecule has 15 heavy (non-hydrogen) atoms. The van der Waals surface area contributed by atoms with Gasteiger partial charge in [0.1, 0.15) is 0 Å². The number of hydrogen-bond acceptors (Lipinski definition) is 3. The third-order valence-corrected chi connectivity index (χ3v) is 3.16. The largest absolute Gasteiger partial charge is 0.393 e.